The van der Waals surface area contributed by atoms with Crippen LogP contribution in [0.1, 0.15) is 43.1 Å². The van der Waals surface area contributed by atoms with Crippen molar-refractivity contribution in [2.45, 2.75) is 32.9 Å². The van der Waals surface area contributed by atoms with Crippen LogP contribution in [0, 0.1) is 5.92 Å². The number of ether oxygens (including phenoxy) is 2. The zero-order valence-corrected chi connectivity index (χ0v) is 17.2. The quantitative estimate of drug-likeness (QED) is 0.730. The normalized spacial score (nSPS) is 18.8. The van der Waals surface area contributed by atoms with Crippen molar-refractivity contribution in [2.75, 3.05) is 32.2 Å². The maximum Gasteiger partial charge on any atom is 0.258 e. The van der Waals surface area contributed by atoms with Crippen LogP contribution >= 0.6 is 0 Å². The van der Waals surface area contributed by atoms with E-state index in [4.69, 9.17) is 9.47 Å². The summed E-state index contributed by atoms with van der Waals surface area (Å²) in [5.41, 5.74) is 1.81. The van der Waals surface area contributed by atoms with Crippen LogP contribution < -0.4 is 10.1 Å². The first-order valence-electron chi connectivity index (χ1n) is 9.87. The zero-order valence-electron chi connectivity index (χ0n) is 17.2. The van der Waals surface area contributed by atoms with E-state index in [9.17, 15) is 4.79 Å². The van der Waals surface area contributed by atoms with E-state index >= 15 is 0 Å². The van der Waals surface area contributed by atoms with Gasteiger partial charge in [0.25, 0.3) is 5.91 Å². The second-order valence-electron chi connectivity index (χ2n) is 7.75. The van der Waals surface area contributed by atoms with E-state index in [1.807, 2.05) is 60.4 Å². The highest BCUT2D eigenvalue weighted by Gasteiger charge is 2.42. The van der Waals surface area contributed by atoms with Gasteiger partial charge < -0.3 is 19.7 Å². The molecule has 0 fully saturated rings. The molecule has 1 aliphatic rings. The largest absolute Gasteiger partial charge is 0.494 e. The SMILES string of the molecule is COCCN1C(=O)c2ccccc2NC1(C)c1cccc(OCCC(C)C)c1. The number of carbonyl (C=O) groups is 1. The Bertz CT molecular complexity index is 821. The fourth-order valence-corrected chi connectivity index (χ4v) is 3.49. The molecule has 2 aromatic rings. The maximum absolute atomic E-state index is 13.2. The Hall–Kier alpha value is -2.53. The zero-order chi connectivity index (χ0) is 20.1. The molecule has 0 aliphatic carbocycles. The molecule has 1 aliphatic heterocycles. The van der Waals surface area contributed by atoms with E-state index in [0.29, 0.717) is 31.2 Å². The smallest absolute Gasteiger partial charge is 0.258 e. The molecular weight excluding hydrogens is 352 g/mol. The van der Waals surface area contributed by atoms with Gasteiger partial charge in [0.2, 0.25) is 0 Å². The fraction of sp³-hybridized carbons (Fsp3) is 0.435. The lowest BCUT2D eigenvalue weighted by Gasteiger charge is -2.46. The number of nitrogens with zero attached hydrogens (tertiary/aromatic N) is 1. The second-order valence-corrected chi connectivity index (χ2v) is 7.75. The molecule has 0 spiro atoms. The molecule has 1 amide bonds. The van der Waals surface area contributed by atoms with Crippen molar-refractivity contribution in [3.8, 4) is 5.75 Å². The molecule has 5 heteroatoms. The third-order valence-electron chi connectivity index (χ3n) is 5.20. The van der Waals surface area contributed by atoms with E-state index in [2.05, 4.69) is 19.2 Å². The van der Waals surface area contributed by atoms with Crippen LogP contribution in [-0.2, 0) is 10.4 Å². The van der Waals surface area contributed by atoms with E-state index in [-0.39, 0.29) is 5.91 Å². The first-order valence-corrected chi connectivity index (χ1v) is 9.87. The molecular formula is C23H30N2O3. The van der Waals surface area contributed by atoms with Crippen LogP contribution in [0.5, 0.6) is 5.75 Å². The number of para-hydroxylation sites is 1. The Morgan fingerprint density at radius 3 is 2.64 bits per heavy atom. The minimum atomic E-state index is -0.693. The molecule has 1 atom stereocenters. The molecule has 2 aromatic carbocycles. The summed E-state index contributed by atoms with van der Waals surface area (Å²) in [4.78, 5) is 15.1. The van der Waals surface area contributed by atoms with Gasteiger partial charge in [-0.15, -0.1) is 0 Å². The molecule has 1 unspecified atom stereocenters. The van der Waals surface area contributed by atoms with E-state index in [0.717, 1.165) is 23.4 Å². The monoisotopic (exact) mass is 382 g/mol. The predicted octanol–water partition coefficient (Wildman–Crippen LogP) is 4.50. The fourth-order valence-electron chi connectivity index (χ4n) is 3.49. The summed E-state index contributed by atoms with van der Waals surface area (Å²) in [6, 6.07) is 15.6. The Balaban J connectivity index is 1.94. The lowest BCUT2D eigenvalue weighted by atomic mass is 9.93. The molecule has 150 valence electrons. The van der Waals surface area contributed by atoms with Crippen molar-refractivity contribution in [2.24, 2.45) is 5.92 Å². The van der Waals surface area contributed by atoms with Gasteiger partial charge in [-0.25, -0.2) is 0 Å². The molecule has 0 saturated heterocycles. The minimum absolute atomic E-state index is 0.0000270. The summed E-state index contributed by atoms with van der Waals surface area (Å²) < 4.78 is 11.2. The van der Waals surface area contributed by atoms with Crippen molar-refractivity contribution < 1.29 is 14.3 Å². The van der Waals surface area contributed by atoms with Crippen molar-refractivity contribution in [3.63, 3.8) is 0 Å². The van der Waals surface area contributed by atoms with Crippen molar-refractivity contribution in [1.29, 1.82) is 0 Å². The topological polar surface area (TPSA) is 50.8 Å². The number of hydrogen-bond acceptors (Lipinski definition) is 4. The standard InChI is InChI=1S/C23H30N2O3/c1-17(2)12-14-28-19-9-7-8-18(16-19)23(3)24-21-11-6-5-10-20(21)22(26)25(23)13-15-27-4/h5-11,16-17,24H,12-15H2,1-4H3. The Morgan fingerprint density at radius 1 is 1.11 bits per heavy atom. The molecule has 1 heterocycles. The molecule has 0 bridgehead atoms. The van der Waals surface area contributed by atoms with Gasteiger partial charge in [0.05, 0.1) is 18.8 Å². The third kappa shape index (κ3) is 4.14. The van der Waals surface area contributed by atoms with Gasteiger partial charge in [-0.05, 0) is 43.5 Å². The summed E-state index contributed by atoms with van der Waals surface area (Å²) in [6.45, 7) is 8.04. The van der Waals surface area contributed by atoms with Crippen molar-refractivity contribution >= 4 is 11.6 Å². The van der Waals surface area contributed by atoms with Crippen LogP contribution in [0.25, 0.3) is 0 Å². The number of anilines is 1. The van der Waals surface area contributed by atoms with E-state index < -0.39 is 5.66 Å². The lowest BCUT2D eigenvalue weighted by Crippen LogP contribution is -2.56. The number of fused-ring (bicyclic) bond motifs is 1. The summed E-state index contributed by atoms with van der Waals surface area (Å²) >= 11 is 0. The van der Waals surface area contributed by atoms with Gasteiger partial charge in [-0.1, -0.05) is 38.1 Å². The first kappa shape index (κ1) is 20.2. The molecule has 0 aromatic heterocycles. The molecule has 3 rings (SSSR count). The van der Waals surface area contributed by atoms with E-state index in [1.54, 1.807) is 7.11 Å². The van der Waals surface area contributed by atoms with Gasteiger partial charge in [0.15, 0.2) is 0 Å². The number of carbonyl (C=O) groups excluding carboxylic acids is 1. The lowest BCUT2D eigenvalue weighted by molar-refractivity contribution is 0.0437. The average Bonchev–Trinajstić information content (AvgIpc) is 2.68. The summed E-state index contributed by atoms with van der Waals surface area (Å²) in [5.74, 6) is 1.42. The van der Waals surface area contributed by atoms with Crippen LogP contribution in [0.2, 0.25) is 0 Å². The second kappa shape index (κ2) is 8.65. The van der Waals surface area contributed by atoms with Gasteiger partial charge >= 0.3 is 0 Å². The molecule has 0 radical (unpaired) electrons. The number of rotatable bonds is 8. The molecule has 28 heavy (non-hydrogen) atoms. The van der Waals surface area contributed by atoms with Crippen molar-refractivity contribution in [1.82, 2.24) is 4.90 Å². The average molecular weight is 383 g/mol. The van der Waals surface area contributed by atoms with Crippen molar-refractivity contribution in [3.05, 3.63) is 59.7 Å². The number of methoxy groups -OCH3 is 1. The number of nitrogens with one attached hydrogen (secondary N) is 1. The van der Waals surface area contributed by atoms with Crippen LogP contribution in [0.4, 0.5) is 5.69 Å². The minimum Gasteiger partial charge on any atom is -0.494 e. The van der Waals surface area contributed by atoms with E-state index in [1.165, 1.54) is 0 Å². The van der Waals surface area contributed by atoms with Gasteiger partial charge in [0.1, 0.15) is 11.4 Å². The van der Waals surface area contributed by atoms with Gasteiger partial charge in [0, 0.05) is 24.9 Å². The van der Waals surface area contributed by atoms with Gasteiger partial charge in [-0.2, -0.15) is 0 Å². The highest BCUT2D eigenvalue weighted by atomic mass is 16.5. The number of hydrogen-bond donors (Lipinski definition) is 1. The summed E-state index contributed by atoms with van der Waals surface area (Å²) in [7, 11) is 1.65. The molecule has 1 N–H and O–H groups in total. The van der Waals surface area contributed by atoms with Crippen LogP contribution in [-0.4, -0.2) is 37.7 Å². The Kier molecular flexibility index (Phi) is 6.25. The number of benzene rings is 2. The summed E-state index contributed by atoms with van der Waals surface area (Å²) in [6.07, 6.45) is 1.01. The van der Waals surface area contributed by atoms with Gasteiger partial charge in [-0.3, -0.25) is 4.79 Å². The highest BCUT2D eigenvalue weighted by molar-refractivity contribution is 6.02. The molecule has 5 nitrogen and oxygen atoms in total. The maximum atomic E-state index is 13.2. The first-order chi connectivity index (χ1) is 13.5. The van der Waals surface area contributed by atoms with Crippen LogP contribution in [0.15, 0.2) is 48.5 Å². The number of amides is 1. The molecule has 0 saturated carbocycles. The Morgan fingerprint density at radius 2 is 1.89 bits per heavy atom. The van der Waals surface area contributed by atoms with Crippen LogP contribution in [0.3, 0.4) is 0 Å². The Labute approximate surface area is 167 Å². The predicted molar refractivity (Wildman–Crippen MR) is 112 cm³/mol. The highest BCUT2D eigenvalue weighted by Crippen LogP contribution is 2.38. The summed E-state index contributed by atoms with van der Waals surface area (Å²) in [5, 5.41) is 3.57. The third-order valence-corrected chi connectivity index (χ3v) is 5.20.